The molecule has 1 unspecified atom stereocenters. The van der Waals surface area contributed by atoms with E-state index in [4.69, 9.17) is 5.26 Å². The Hall–Kier alpha value is -1.44. The fourth-order valence-electron chi connectivity index (χ4n) is 2.81. The van der Waals surface area contributed by atoms with Gasteiger partial charge in [-0.05, 0) is 62.2 Å². The van der Waals surface area contributed by atoms with Gasteiger partial charge in [-0.2, -0.15) is 5.26 Å². The minimum atomic E-state index is -0.325. The molecule has 1 aliphatic heterocycles. The van der Waals surface area contributed by atoms with E-state index >= 15 is 0 Å². The first-order chi connectivity index (χ1) is 9.71. The SMILES string of the molecule is CCN(Cc1cc(F)cc(C#N)c1)CC1CCCNC1. The molecule has 1 aromatic carbocycles. The van der Waals surface area contributed by atoms with E-state index in [0.717, 1.165) is 31.7 Å². The minimum absolute atomic E-state index is 0.325. The molecular weight excluding hydrogens is 253 g/mol. The van der Waals surface area contributed by atoms with Crippen molar-refractivity contribution in [1.82, 2.24) is 10.2 Å². The summed E-state index contributed by atoms with van der Waals surface area (Å²) in [4.78, 5) is 2.33. The van der Waals surface area contributed by atoms with Gasteiger partial charge in [0.2, 0.25) is 0 Å². The summed E-state index contributed by atoms with van der Waals surface area (Å²) >= 11 is 0. The molecule has 3 nitrogen and oxygen atoms in total. The van der Waals surface area contributed by atoms with Crippen molar-refractivity contribution >= 4 is 0 Å². The lowest BCUT2D eigenvalue weighted by Gasteiger charge is -2.29. The van der Waals surface area contributed by atoms with Gasteiger partial charge in [-0.3, -0.25) is 4.90 Å². The van der Waals surface area contributed by atoms with Crippen molar-refractivity contribution in [3.05, 3.63) is 35.1 Å². The van der Waals surface area contributed by atoms with Crippen molar-refractivity contribution in [2.24, 2.45) is 5.92 Å². The first kappa shape index (κ1) is 15.0. The Morgan fingerprint density at radius 1 is 1.45 bits per heavy atom. The molecule has 0 amide bonds. The first-order valence-corrected chi connectivity index (χ1v) is 7.34. The standard InChI is InChI=1S/C16H22FN3/c1-2-20(11-13-4-3-5-19-10-13)12-15-6-14(9-18)7-16(17)8-15/h6-8,13,19H,2-5,10-12H2,1H3. The van der Waals surface area contributed by atoms with E-state index < -0.39 is 0 Å². The van der Waals surface area contributed by atoms with E-state index in [0.29, 0.717) is 18.0 Å². The van der Waals surface area contributed by atoms with Crippen molar-refractivity contribution < 1.29 is 4.39 Å². The predicted octanol–water partition coefficient (Wildman–Crippen LogP) is 2.52. The molecular formula is C16H22FN3. The van der Waals surface area contributed by atoms with Crippen LogP contribution in [0.5, 0.6) is 0 Å². The normalized spacial score (nSPS) is 19.0. The number of rotatable bonds is 5. The number of nitriles is 1. The molecule has 0 aliphatic carbocycles. The average Bonchev–Trinajstić information content (AvgIpc) is 2.47. The largest absolute Gasteiger partial charge is 0.316 e. The van der Waals surface area contributed by atoms with Crippen LogP contribution in [0.15, 0.2) is 18.2 Å². The Bertz CT molecular complexity index is 475. The molecule has 0 spiro atoms. The highest BCUT2D eigenvalue weighted by Gasteiger charge is 2.16. The fourth-order valence-corrected chi connectivity index (χ4v) is 2.81. The first-order valence-electron chi connectivity index (χ1n) is 7.34. The lowest BCUT2D eigenvalue weighted by Crippen LogP contribution is -2.38. The number of halogens is 1. The molecule has 1 N–H and O–H groups in total. The van der Waals surface area contributed by atoms with Gasteiger partial charge < -0.3 is 5.32 Å². The lowest BCUT2D eigenvalue weighted by molar-refractivity contribution is 0.209. The van der Waals surface area contributed by atoms with Crippen molar-refractivity contribution in [2.45, 2.75) is 26.3 Å². The van der Waals surface area contributed by atoms with Crippen LogP contribution in [0.2, 0.25) is 0 Å². The molecule has 0 aromatic heterocycles. The second-order valence-electron chi connectivity index (χ2n) is 5.50. The minimum Gasteiger partial charge on any atom is -0.316 e. The molecule has 1 saturated heterocycles. The van der Waals surface area contributed by atoms with E-state index in [1.165, 1.54) is 25.0 Å². The zero-order valence-corrected chi connectivity index (χ0v) is 12.0. The summed E-state index contributed by atoms with van der Waals surface area (Å²) in [6.45, 7) is 7.00. The summed E-state index contributed by atoms with van der Waals surface area (Å²) in [5.41, 5.74) is 1.28. The van der Waals surface area contributed by atoms with Gasteiger partial charge in [0.15, 0.2) is 0 Å². The van der Waals surface area contributed by atoms with Crippen LogP contribution in [0.4, 0.5) is 4.39 Å². The van der Waals surface area contributed by atoms with E-state index in [1.807, 2.05) is 6.07 Å². The Kier molecular flexibility index (Phi) is 5.51. The van der Waals surface area contributed by atoms with Crippen LogP contribution in [-0.2, 0) is 6.54 Å². The molecule has 1 aromatic rings. The lowest BCUT2D eigenvalue weighted by atomic mass is 9.99. The number of piperidine rings is 1. The number of hydrogen-bond donors (Lipinski definition) is 1. The highest BCUT2D eigenvalue weighted by molar-refractivity contribution is 5.33. The molecule has 0 saturated carbocycles. The Labute approximate surface area is 120 Å². The van der Waals surface area contributed by atoms with Crippen LogP contribution in [0.3, 0.4) is 0 Å². The zero-order chi connectivity index (χ0) is 14.4. The third kappa shape index (κ3) is 4.29. The van der Waals surface area contributed by atoms with Gasteiger partial charge in [-0.1, -0.05) is 6.92 Å². The van der Waals surface area contributed by atoms with Crippen molar-refractivity contribution in [1.29, 1.82) is 5.26 Å². The van der Waals surface area contributed by atoms with Crippen molar-refractivity contribution in [3.8, 4) is 6.07 Å². The van der Waals surface area contributed by atoms with Crippen molar-refractivity contribution in [3.63, 3.8) is 0 Å². The molecule has 0 radical (unpaired) electrons. The maximum absolute atomic E-state index is 13.4. The second-order valence-corrected chi connectivity index (χ2v) is 5.50. The number of nitrogens with one attached hydrogen (secondary N) is 1. The van der Waals surface area contributed by atoms with E-state index in [2.05, 4.69) is 17.1 Å². The molecule has 4 heteroatoms. The van der Waals surface area contributed by atoms with Crippen LogP contribution < -0.4 is 5.32 Å². The summed E-state index contributed by atoms with van der Waals surface area (Å²) < 4.78 is 13.4. The summed E-state index contributed by atoms with van der Waals surface area (Å²) in [5.74, 6) is 0.349. The quantitative estimate of drug-likeness (QED) is 0.897. The van der Waals surface area contributed by atoms with E-state index in [-0.39, 0.29) is 5.82 Å². The highest BCUT2D eigenvalue weighted by atomic mass is 19.1. The molecule has 2 rings (SSSR count). The Balaban J connectivity index is 1.98. The maximum Gasteiger partial charge on any atom is 0.124 e. The molecule has 0 bridgehead atoms. The van der Waals surface area contributed by atoms with Gasteiger partial charge in [0.05, 0.1) is 11.6 Å². The van der Waals surface area contributed by atoms with E-state index in [1.54, 1.807) is 6.07 Å². The number of hydrogen-bond acceptors (Lipinski definition) is 3. The molecule has 1 heterocycles. The van der Waals surface area contributed by atoms with Gasteiger partial charge in [0.1, 0.15) is 5.82 Å². The maximum atomic E-state index is 13.4. The average molecular weight is 275 g/mol. The highest BCUT2D eigenvalue weighted by Crippen LogP contribution is 2.15. The van der Waals surface area contributed by atoms with Gasteiger partial charge in [-0.25, -0.2) is 4.39 Å². The smallest absolute Gasteiger partial charge is 0.124 e. The molecule has 20 heavy (non-hydrogen) atoms. The van der Waals surface area contributed by atoms with Gasteiger partial charge in [0, 0.05) is 13.1 Å². The Morgan fingerprint density at radius 2 is 2.30 bits per heavy atom. The summed E-state index contributed by atoms with van der Waals surface area (Å²) in [6.07, 6.45) is 2.50. The van der Waals surface area contributed by atoms with Crippen LogP contribution in [0.25, 0.3) is 0 Å². The van der Waals surface area contributed by atoms with Crippen LogP contribution in [-0.4, -0.2) is 31.1 Å². The van der Waals surface area contributed by atoms with Gasteiger partial charge in [-0.15, -0.1) is 0 Å². The predicted molar refractivity (Wildman–Crippen MR) is 77.7 cm³/mol. The third-order valence-corrected chi connectivity index (χ3v) is 3.86. The zero-order valence-electron chi connectivity index (χ0n) is 12.0. The summed E-state index contributed by atoms with van der Waals surface area (Å²) in [6, 6.07) is 6.61. The molecule has 1 fully saturated rings. The van der Waals surface area contributed by atoms with Crippen LogP contribution in [0, 0.1) is 23.1 Å². The topological polar surface area (TPSA) is 39.1 Å². The summed E-state index contributed by atoms with van der Waals surface area (Å²) in [7, 11) is 0. The number of benzene rings is 1. The van der Waals surface area contributed by atoms with Crippen LogP contribution in [0.1, 0.15) is 30.9 Å². The van der Waals surface area contributed by atoms with Gasteiger partial charge >= 0.3 is 0 Å². The molecule has 108 valence electrons. The second kappa shape index (κ2) is 7.37. The molecule has 1 aliphatic rings. The van der Waals surface area contributed by atoms with Crippen molar-refractivity contribution in [2.75, 3.05) is 26.2 Å². The molecule has 1 atom stereocenters. The summed E-state index contributed by atoms with van der Waals surface area (Å²) in [5, 5.41) is 12.3. The number of nitrogens with zero attached hydrogens (tertiary/aromatic N) is 2. The van der Waals surface area contributed by atoms with Crippen LogP contribution >= 0.6 is 0 Å². The Morgan fingerprint density at radius 3 is 2.95 bits per heavy atom. The van der Waals surface area contributed by atoms with Gasteiger partial charge in [0.25, 0.3) is 0 Å². The van der Waals surface area contributed by atoms with E-state index in [9.17, 15) is 4.39 Å². The fraction of sp³-hybridized carbons (Fsp3) is 0.562. The monoisotopic (exact) mass is 275 g/mol. The third-order valence-electron chi connectivity index (χ3n) is 3.86.